The van der Waals surface area contributed by atoms with Crippen LogP contribution in [0.1, 0.15) is 30.4 Å². The van der Waals surface area contributed by atoms with Crippen molar-refractivity contribution in [2.24, 2.45) is 5.92 Å². The molecule has 2 saturated heterocycles. The Bertz CT molecular complexity index is 1780. The zero-order valence-corrected chi connectivity index (χ0v) is 27.5. The van der Waals surface area contributed by atoms with Crippen LogP contribution in [-0.2, 0) is 22.2 Å². The SMILES string of the molecule is CNc1nc(NC2CC(CNc3nc(Nc4cnc5c(c4)NCCO5)ncc3C(F)(F)F)CN(C3CCS(=O)(=O)CC3)C2)ncc1C(F)(F)F. The number of alkyl halides is 6. The summed E-state index contributed by atoms with van der Waals surface area (Å²) in [7, 11) is -1.86. The van der Waals surface area contributed by atoms with Gasteiger partial charge in [-0.3, -0.25) is 4.90 Å². The average molecular weight is 732 g/mol. The fourth-order valence-electron chi connectivity index (χ4n) is 6.32. The molecule has 0 saturated carbocycles. The van der Waals surface area contributed by atoms with Crippen molar-refractivity contribution in [3.8, 4) is 5.88 Å². The molecule has 5 N–H and O–H groups in total. The van der Waals surface area contributed by atoms with Crippen molar-refractivity contribution < 1.29 is 39.5 Å². The Morgan fingerprint density at radius 1 is 0.940 bits per heavy atom. The fourth-order valence-corrected chi connectivity index (χ4v) is 7.78. The fraction of sp³-hybridized carbons (Fsp3) is 0.552. The summed E-state index contributed by atoms with van der Waals surface area (Å²) in [5.74, 6) is -0.896. The van der Waals surface area contributed by atoms with Gasteiger partial charge < -0.3 is 31.3 Å². The largest absolute Gasteiger partial charge is 0.474 e. The van der Waals surface area contributed by atoms with Gasteiger partial charge in [0, 0.05) is 57.7 Å². The van der Waals surface area contributed by atoms with Crippen LogP contribution in [0, 0.1) is 5.92 Å². The highest BCUT2D eigenvalue weighted by Gasteiger charge is 2.38. The van der Waals surface area contributed by atoms with Crippen molar-refractivity contribution >= 4 is 44.7 Å². The summed E-state index contributed by atoms with van der Waals surface area (Å²) in [5.41, 5.74) is -1.07. The van der Waals surface area contributed by atoms with Crippen LogP contribution in [0.25, 0.3) is 0 Å². The zero-order valence-electron chi connectivity index (χ0n) is 26.7. The molecule has 2 unspecified atom stereocenters. The van der Waals surface area contributed by atoms with Crippen LogP contribution in [0.2, 0.25) is 0 Å². The van der Waals surface area contributed by atoms with E-state index in [9.17, 15) is 34.8 Å². The summed E-state index contributed by atoms with van der Waals surface area (Å²) < 4.78 is 112. The number of hydrogen-bond acceptors (Lipinski definition) is 14. The summed E-state index contributed by atoms with van der Waals surface area (Å²) in [6.07, 6.45) is -5.48. The van der Waals surface area contributed by atoms with Gasteiger partial charge in [-0.2, -0.15) is 36.3 Å². The van der Waals surface area contributed by atoms with Crippen LogP contribution >= 0.6 is 0 Å². The number of fused-ring (bicyclic) bond motifs is 1. The number of ether oxygens (including phenoxy) is 1. The van der Waals surface area contributed by atoms with E-state index in [-0.39, 0.29) is 41.9 Å². The third-order valence-corrected chi connectivity index (χ3v) is 10.4. The number of anilines is 6. The molecule has 6 heterocycles. The first kappa shape index (κ1) is 35.4. The molecule has 14 nitrogen and oxygen atoms in total. The van der Waals surface area contributed by atoms with Gasteiger partial charge in [-0.15, -0.1) is 0 Å². The summed E-state index contributed by atoms with van der Waals surface area (Å²) in [4.78, 5) is 22.2. The van der Waals surface area contributed by atoms with Crippen molar-refractivity contribution in [3.63, 3.8) is 0 Å². The molecule has 2 atom stereocenters. The van der Waals surface area contributed by atoms with E-state index in [4.69, 9.17) is 4.74 Å². The number of halogens is 6. The minimum atomic E-state index is -4.77. The third-order valence-electron chi connectivity index (χ3n) is 8.69. The summed E-state index contributed by atoms with van der Waals surface area (Å²) in [6.45, 7) is 1.87. The van der Waals surface area contributed by atoms with Crippen molar-refractivity contribution in [3.05, 3.63) is 35.8 Å². The van der Waals surface area contributed by atoms with Crippen molar-refractivity contribution in [2.75, 3.05) is 77.9 Å². The van der Waals surface area contributed by atoms with Gasteiger partial charge in [0.2, 0.25) is 17.8 Å². The van der Waals surface area contributed by atoms with Crippen LogP contribution in [0.4, 0.5) is 61.2 Å². The number of pyridine rings is 1. The van der Waals surface area contributed by atoms with E-state index in [0.717, 1.165) is 0 Å². The number of hydrogen-bond donors (Lipinski definition) is 5. The van der Waals surface area contributed by atoms with Gasteiger partial charge in [0.25, 0.3) is 0 Å². The molecule has 272 valence electrons. The molecule has 3 aromatic rings. The molecule has 3 aliphatic heterocycles. The molecule has 2 fully saturated rings. The molecule has 3 aliphatic rings. The van der Waals surface area contributed by atoms with Crippen molar-refractivity contribution in [2.45, 2.75) is 43.7 Å². The molecule has 0 spiro atoms. The molecule has 0 bridgehead atoms. The van der Waals surface area contributed by atoms with E-state index in [1.165, 1.54) is 13.2 Å². The predicted molar refractivity (Wildman–Crippen MR) is 172 cm³/mol. The Balaban J connectivity index is 1.21. The Kier molecular flexibility index (Phi) is 9.98. The van der Waals surface area contributed by atoms with Crippen molar-refractivity contribution in [1.29, 1.82) is 0 Å². The molecule has 3 aromatic heterocycles. The summed E-state index contributed by atoms with van der Waals surface area (Å²) in [5, 5.41) is 14.4. The van der Waals surface area contributed by atoms with E-state index in [1.807, 2.05) is 0 Å². The highest BCUT2D eigenvalue weighted by atomic mass is 32.2. The maximum Gasteiger partial charge on any atom is 0.421 e. The van der Waals surface area contributed by atoms with Crippen LogP contribution in [0.3, 0.4) is 0 Å². The molecule has 50 heavy (non-hydrogen) atoms. The minimum absolute atomic E-state index is 0.0111. The molecule has 0 radical (unpaired) electrons. The predicted octanol–water partition coefficient (Wildman–Crippen LogP) is 4.08. The topological polar surface area (TPSA) is 171 Å². The number of likely N-dealkylation sites (tertiary alicyclic amines) is 1. The first-order valence-corrected chi connectivity index (χ1v) is 17.6. The molecular formula is C29H35F6N11O3S. The second-order valence-corrected chi connectivity index (χ2v) is 14.6. The van der Waals surface area contributed by atoms with Gasteiger partial charge in [-0.25, -0.2) is 23.4 Å². The molecule has 0 amide bonds. The van der Waals surface area contributed by atoms with Crippen LogP contribution in [0.5, 0.6) is 5.88 Å². The lowest BCUT2D eigenvalue weighted by Crippen LogP contribution is -2.53. The number of aromatic nitrogens is 5. The van der Waals surface area contributed by atoms with Gasteiger partial charge in [0.1, 0.15) is 39.2 Å². The standard InChI is InChI=1S/C29H35F6N11O3S/c1-36-23-20(28(30,31)32)12-40-27(44-23)43-18-8-16(14-46(15-18)19-2-6-50(47,48)7-3-19)10-38-24-21(29(33,34)35)13-41-26(45-24)42-17-9-22-25(39-11-17)49-5-4-37-22/h9,11-13,16,18-19,37H,2-8,10,14-15H2,1H3,(H2,36,40,43,44)(H2,38,41,42,45). The van der Waals surface area contributed by atoms with Gasteiger partial charge in [0.15, 0.2) is 0 Å². The highest BCUT2D eigenvalue weighted by molar-refractivity contribution is 7.91. The molecule has 21 heteroatoms. The number of piperidine rings is 1. The second kappa shape index (κ2) is 14.1. The normalized spacial score (nSPS) is 21.3. The number of nitrogens with zero attached hydrogens (tertiary/aromatic N) is 6. The molecule has 0 aromatic carbocycles. The van der Waals surface area contributed by atoms with Crippen LogP contribution in [0.15, 0.2) is 24.7 Å². The van der Waals surface area contributed by atoms with Gasteiger partial charge in [-0.1, -0.05) is 0 Å². The monoisotopic (exact) mass is 731 g/mol. The smallest absolute Gasteiger partial charge is 0.421 e. The van der Waals surface area contributed by atoms with Crippen LogP contribution < -0.4 is 31.3 Å². The average Bonchev–Trinajstić information content (AvgIpc) is 3.06. The molecule has 0 aliphatic carbocycles. The van der Waals surface area contributed by atoms with Gasteiger partial charge >= 0.3 is 12.4 Å². The summed E-state index contributed by atoms with van der Waals surface area (Å²) >= 11 is 0. The first-order valence-electron chi connectivity index (χ1n) is 15.8. The first-order chi connectivity index (χ1) is 23.7. The molecular weight excluding hydrogens is 696 g/mol. The number of rotatable bonds is 9. The third kappa shape index (κ3) is 8.48. The highest BCUT2D eigenvalue weighted by Crippen LogP contribution is 2.36. The number of sulfone groups is 1. The lowest BCUT2D eigenvalue weighted by molar-refractivity contribution is -0.138. The lowest BCUT2D eigenvalue weighted by Gasteiger charge is -2.43. The van der Waals surface area contributed by atoms with E-state index in [2.05, 4.69) is 56.4 Å². The van der Waals surface area contributed by atoms with Gasteiger partial charge in [0.05, 0.1) is 29.1 Å². The number of nitrogens with one attached hydrogen (secondary N) is 5. The Morgan fingerprint density at radius 3 is 2.32 bits per heavy atom. The maximum atomic E-state index is 14.1. The van der Waals surface area contributed by atoms with Gasteiger partial charge in [-0.05, 0) is 31.2 Å². The molecule has 6 rings (SSSR count). The Morgan fingerprint density at radius 2 is 1.62 bits per heavy atom. The van der Waals surface area contributed by atoms with Crippen molar-refractivity contribution in [1.82, 2.24) is 29.8 Å². The summed E-state index contributed by atoms with van der Waals surface area (Å²) in [6, 6.07) is 1.14. The van der Waals surface area contributed by atoms with E-state index in [1.54, 1.807) is 6.07 Å². The maximum absolute atomic E-state index is 14.1. The Hall–Kier alpha value is -4.40. The van der Waals surface area contributed by atoms with E-state index >= 15 is 0 Å². The lowest BCUT2D eigenvalue weighted by atomic mass is 9.91. The minimum Gasteiger partial charge on any atom is -0.474 e. The van der Waals surface area contributed by atoms with E-state index < -0.39 is 51.0 Å². The quantitative estimate of drug-likeness (QED) is 0.200. The Labute approximate surface area is 283 Å². The van der Waals surface area contributed by atoms with E-state index in [0.29, 0.717) is 75.2 Å². The van der Waals surface area contributed by atoms with Crippen LogP contribution in [-0.4, -0.2) is 102 Å². The second-order valence-electron chi connectivity index (χ2n) is 12.3. The zero-order chi connectivity index (χ0) is 35.7.